The molecular formula is C22H21N3O3S. The molecule has 29 heavy (non-hydrogen) atoms. The van der Waals surface area contributed by atoms with Crippen molar-refractivity contribution in [2.24, 2.45) is 0 Å². The van der Waals surface area contributed by atoms with Crippen molar-refractivity contribution in [2.75, 3.05) is 19.0 Å². The molecule has 0 unspecified atom stereocenters. The van der Waals surface area contributed by atoms with E-state index in [9.17, 15) is 4.79 Å². The number of Topliss-reactive ketones (excluding diaryl/α,β-unsaturated/α-hetero) is 1. The summed E-state index contributed by atoms with van der Waals surface area (Å²) in [6.07, 6.45) is 3.13. The highest BCUT2D eigenvalue weighted by Crippen LogP contribution is 2.40. The minimum atomic E-state index is 0.0229. The van der Waals surface area contributed by atoms with Crippen LogP contribution in [0.1, 0.15) is 41.4 Å². The fraction of sp³-hybridized carbons (Fsp3) is 0.318. The summed E-state index contributed by atoms with van der Waals surface area (Å²) in [6, 6.07) is 15.4. The SMILES string of the molecule is O=C(CSc1nc(C2CC2)n(-c2ccccc2)n1)c1ccc2c(c1)OCCCO2. The van der Waals surface area contributed by atoms with E-state index in [4.69, 9.17) is 14.5 Å². The molecule has 0 atom stereocenters. The molecule has 0 spiro atoms. The standard InChI is InChI=1S/C22H21N3O3S/c26-18(16-9-10-19-20(13-16)28-12-4-11-27-19)14-29-22-23-21(15-7-8-15)25(24-22)17-5-2-1-3-6-17/h1-3,5-6,9-10,13,15H,4,7-8,11-12,14H2. The number of carbonyl (C=O) groups excluding carboxylic acids is 1. The molecule has 2 aromatic carbocycles. The quantitative estimate of drug-likeness (QED) is 0.449. The van der Waals surface area contributed by atoms with Crippen LogP contribution in [-0.2, 0) is 0 Å². The molecule has 0 radical (unpaired) electrons. The lowest BCUT2D eigenvalue weighted by molar-refractivity contribution is 0.102. The van der Waals surface area contributed by atoms with Gasteiger partial charge in [-0.1, -0.05) is 30.0 Å². The second kappa shape index (κ2) is 7.91. The van der Waals surface area contributed by atoms with Crippen molar-refractivity contribution in [1.82, 2.24) is 14.8 Å². The van der Waals surface area contributed by atoms with Crippen molar-refractivity contribution in [1.29, 1.82) is 0 Å². The second-order valence-corrected chi connectivity index (χ2v) is 8.14. The van der Waals surface area contributed by atoms with Crippen LogP contribution in [0.15, 0.2) is 53.7 Å². The molecule has 1 aliphatic carbocycles. The highest BCUT2D eigenvalue weighted by molar-refractivity contribution is 7.99. The summed E-state index contributed by atoms with van der Waals surface area (Å²) in [5, 5.41) is 5.30. The Hall–Kier alpha value is -2.80. The lowest BCUT2D eigenvalue weighted by atomic mass is 10.1. The van der Waals surface area contributed by atoms with Gasteiger partial charge in [-0.2, -0.15) is 0 Å². The van der Waals surface area contributed by atoms with Crippen molar-refractivity contribution < 1.29 is 14.3 Å². The minimum absolute atomic E-state index is 0.0229. The predicted octanol–water partition coefficient (Wildman–Crippen LogP) is 4.28. The Bertz CT molecular complexity index is 1030. The summed E-state index contributed by atoms with van der Waals surface area (Å²) in [5.41, 5.74) is 1.62. The van der Waals surface area contributed by atoms with Crippen molar-refractivity contribution in [2.45, 2.75) is 30.3 Å². The van der Waals surface area contributed by atoms with Crippen LogP contribution in [0, 0.1) is 0 Å². The van der Waals surface area contributed by atoms with E-state index in [1.165, 1.54) is 11.8 Å². The zero-order valence-corrected chi connectivity index (χ0v) is 16.7. The molecule has 0 saturated heterocycles. The van der Waals surface area contributed by atoms with Crippen molar-refractivity contribution in [3.63, 3.8) is 0 Å². The lowest BCUT2D eigenvalue weighted by Gasteiger charge is -2.08. The smallest absolute Gasteiger partial charge is 0.209 e. The highest BCUT2D eigenvalue weighted by Gasteiger charge is 2.30. The molecule has 1 saturated carbocycles. The Morgan fingerprint density at radius 3 is 2.66 bits per heavy atom. The minimum Gasteiger partial charge on any atom is -0.490 e. The molecule has 148 valence electrons. The normalized spacial score (nSPS) is 15.7. The first-order valence-corrected chi connectivity index (χ1v) is 10.8. The van der Waals surface area contributed by atoms with E-state index in [1.807, 2.05) is 41.1 Å². The first-order valence-electron chi connectivity index (χ1n) is 9.86. The number of carbonyl (C=O) groups is 1. The molecular weight excluding hydrogens is 386 g/mol. The number of hydrogen-bond acceptors (Lipinski definition) is 6. The number of aromatic nitrogens is 3. The Kier molecular flexibility index (Phi) is 4.97. The van der Waals surface area contributed by atoms with Crippen LogP contribution in [0.3, 0.4) is 0 Å². The number of para-hydroxylation sites is 1. The third-order valence-electron chi connectivity index (χ3n) is 4.96. The molecule has 0 N–H and O–H groups in total. The number of nitrogens with zero attached hydrogens (tertiary/aromatic N) is 3. The topological polar surface area (TPSA) is 66.2 Å². The molecule has 5 rings (SSSR count). The maximum Gasteiger partial charge on any atom is 0.209 e. The fourth-order valence-electron chi connectivity index (χ4n) is 3.28. The van der Waals surface area contributed by atoms with Crippen LogP contribution in [0.4, 0.5) is 0 Å². The molecule has 6 nitrogen and oxygen atoms in total. The van der Waals surface area contributed by atoms with Gasteiger partial charge < -0.3 is 9.47 Å². The van der Waals surface area contributed by atoms with E-state index >= 15 is 0 Å². The van der Waals surface area contributed by atoms with Gasteiger partial charge in [-0.25, -0.2) is 9.67 Å². The van der Waals surface area contributed by atoms with Crippen LogP contribution in [0.25, 0.3) is 5.69 Å². The van der Waals surface area contributed by atoms with Gasteiger partial charge >= 0.3 is 0 Å². The van der Waals surface area contributed by atoms with Crippen molar-refractivity contribution in [3.8, 4) is 17.2 Å². The molecule has 0 bridgehead atoms. The maximum absolute atomic E-state index is 12.7. The molecule has 7 heteroatoms. The third kappa shape index (κ3) is 4.00. The average Bonchev–Trinajstić information content (AvgIpc) is 3.56. The monoisotopic (exact) mass is 407 g/mol. The van der Waals surface area contributed by atoms with Crippen LogP contribution >= 0.6 is 11.8 Å². The molecule has 1 fully saturated rings. The molecule has 0 amide bonds. The van der Waals surface area contributed by atoms with E-state index in [-0.39, 0.29) is 11.5 Å². The zero-order chi connectivity index (χ0) is 19.6. The summed E-state index contributed by atoms with van der Waals surface area (Å²) in [6.45, 7) is 1.24. The summed E-state index contributed by atoms with van der Waals surface area (Å²) >= 11 is 1.38. The van der Waals surface area contributed by atoms with Crippen LogP contribution in [0.5, 0.6) is 11.5 Å². The highest BCUT2D eigenvalue weighted by atomic mass is 32.2. The Morgan fingerprint density at radius 1 is 1.07 bits per heavy atom. The number of hydrogen-bond donors (Lipinski definition) is 0. The lowest BCUT2D eigenvalue weighted by Crippen LogP contribution is -2.04. The number of ketones is 1. The predicted molar refractivity (Wildman–Crippen MR) is 110 cm³/mol. The molecule has 2 heterocycles. The van der Waals surface area contributed by atoms with Gasteiger partial charge in [-0.05, 0) is 43.2 Å². The Balaban J connectivity index is 1.31. The van der Waals surface area contributed by atoms with E-state index in [0.29, 0.717) is 41.4 Å². The van der Waals surface area contributed by atoms with Gasteiger partial charge in [-0.15, -0.1) is 5.10 Å². The second-order valence-electron chi connectivity index (χ2n) is 7.20. The number of benzene rings is 2. The van der Waals surface area contributed by atoms with E-state index in [0.717, 1.165) is 30.8 Å². The van der Waals surface area contributed by atoms with Gasteiger partial charge in [0.25, 0.3) is 0 Å². The fourth-order valence-corrected chi connectivity index (χ4v) is 4.01. The molecule has 1 aliphatic heterocycles. The van der Waals surface area contributed by atoms with Gasteiger partial charge in [0.05, 0.1) is 24.7 Å². The van der Waals surface area contributed by atoms with Gasteiger partial charge in [0.15, 0.2) is 17.3 Å². The van der Waals surface area contributed by atoms with Crippen molar-refractivity contribution >= 4 is 17.5 Å². The van der Waals surface area contributed by atoms with E-state index in [2.05, 4.69) is 5.10 Å². The van der Waals surface area contributed by atoms with Gasteiger partial charge in [0.2, 0.25) is 5.16 Å². The summed E-state index contributed by atoms with van der Waals surface area (Å²) < 4.78 is 13.2. The molecule has 3 aromatic rings. The maximum atomic E-state index is 12.7. The first kappa shape index (κ1) is 18.2. The molecule has 1 aromatic heterocycles. The summed E-state index contributed by atoms with van der Waals surface area (Å²) in [5.74, 6) is 3.10. The van der Waals surface area contributed by atoms with E-state index in [1.54, 1.807) is 12.1 Å². The van der Waals surface area contributed by atoms with Crippen LogP contribution < -0.4 is 9.47 Å². The summed E-state index contributed by atoms with van der Waals surface area (Å²) in [4.78, 5) is 17.4. The summed E-state index contributed by atoms with van der Waals surface area (Å²) in [7, 11) is 0. The largest absolute Gasteiger partial charge is 0.490 e. The van der Waals surface area contributed by atoms with Gasteiger partial charge in [-0.3, -0.25) is 4.79 Å². The van der Waals surface area contributed by atoms with Crippen LogP contribution in [0.2, 0.25) is 0 Å². The Labute approximate surface area is 173 Å². The zero-order valence-electron chi connectivity index (χ0n) is 15.9. The first-order chi connectivity index (χ1) is 14.3. The van der Waals surface area contributed by atoms with Crippen LogP contribution in [-0.4, -0.2) is 39.5 Å². The number of ether oxygens (including phenoxy) is 2. The molecule has 2 aliphatic rings. The average molecular weight is 407 g/mol. The van der Waals surface area contributed by atoms with Gasteiger partial charge in [0.1, 0.15) is 5.82 Å². The number of thioether (sulfide) groups is 1. The van der Waals surface area contributed by atoms with Crippen molar-refractivity contribution in [3.05, 3.63) is 59.9 Å². The number of fused-ring (bicyclic) bond motifs is 1. The Morgan fingerprint density at radius 2 is 1.86 bits per heavy atom. The number of rotatable bonds is 6. The van der Waals surface area contributed by atoms with E-state index < -0.39 is 0 Å². The third-order valence-corrected chi connectivity index (χ3v) is 5.80. The van der Waals surface area contributed by atoms with Gasteiger partial charge in [0, 0.05) is 17.9 Å².